The van der Waals surface area contributed by atoms with Crippen molar-refractivity contribution < 1.29 is 9.59 Å². The molecule has 1 rings (SSSR count). The number of amides is 2. The molecule has 6 heteroatoms. The topological polar surface area (TPSA) is 58.2 Å². The van der Waals surface area contributed by atoms with Gasteiger partial charge in [0, 0.05) is 23.1 Å². The fourth-order valence-electron chi connectivity index (χ4n) is 1.83. The quantitative estimate of drug-likeness (QED) is 0.711. The minimum absolute atomic E-state index is 0.146. The lowest BCUT2D eigenvalue weighted by molar-refractivity contribution is -0.129. The summed E-state index contributed by atoms with van der Waals surface area (Å²) in [5.41, 5.74) is 0.910. The second-order valence-corrected chi connectivity index (χ2v) is 6.39. The molecular weight excluding hydrogens is 323 g/mol. The third-order valence-electron chi connectivity index (χ3n) is 3.10. The van der Waals surface area contributed by atoms with E-state index in [0.29, 0.717) is 35.5 Å². The van der Waals surface area contributed by atoms with Crippen LogP contribution in [0.2, 0.25) is 10.0 Å². The van der Waals surface area contributed by atoms with Gasteiger partial charge in [0.25, 0.3) is 0 Å². The van der Waals surface area contributed by atoms with Gasteiger partial charge >= 0.3 is 0 Å². The van der Waals surface area contributed by atoms with Gasteiger partial charge < -0.3 is 10.6 Å². The van der Waals surface area contributed by atoms with Gasteiger partial charge in [-0.2, -0.15) is 0 Å². The zero-order valence-corrected chi connectivity index (χ0v) is 14.4. The van der Waals surface area contributed by atoms with Crippen LogP contribution in [0.1, 0.15) is 32.3 Å². The number of benzene rings is 1. The Bertz CT molecular complexity index is 519. The van der Waals surface area contributed by atoms with Crippen molar-refractivity contribution in [3.8, 4) is 0 Å². The molecule has 4 nitrogen and oxygen atoms in total. The highest BCUT2D eigenvalue weighted by molar-refractivity contribution is 6.35. The van der Waals surface area contributed by atoms with Crippen LogP contribution >= 0.6 is 23.2 Å². The van der Waals surface area contributed by atoms with Crippen molar-refractivity contribution in [3.63, 3.8) is 0 Å². The normalized spacial score (nSPS) is 10.6. The zero-order chi connectivity index (χ0) is 16.5. The zero-order valence-electron chi connectivity index (χ0n) is 12.9. The van der Waals surface area contributed by atoms with Crippen LogP contribution in [0, 0.1) is 5.92 Å². The molecule has 0 aliphatic carbocycles. The van der Waals surface area contributed by atoms with E-state index >= 15 is 0 Å². The Morgan fingerprint density at radius 2 is 1.73 bits per heavy atom. The SMILES string of the molecule is CC(C)CCNC(=O)CC(=O)NCCc1ccc(Cl)cc1Cl. The fourth-order valence-corrected chi connectivity index (χ4v) is 2.34. The summed E-state index contributed by atoms with van der Waals surface area (Å²) in [4.78, 5) is 23.2. The van der Waals surface area contributed by atoms with Crippen molar-refractivity contribution in [1.29, 1.82) is 0 Å². The number of nitrogens with one attached hydrogen (secondary N) is 2. The highest BCUT2D eigenvalue weighted by Gasteiger charge is 2.09. The molecular formula is C16H22Cl2N2O2. The predicted molar refractivity (Wildman–Crippen MR) is 90.3 cm³/mol. The molecule has 1 aromatic rings. The van der Waals surface area contributed by atoms with Gasteiger partial charge in [0.15, 0.2) is 0 Å². The van der Waals surface area contributed by atoms with Gasteiger partial charge in [-0.25, -0.2) is 0 Å². The smallest absolute Gasteiger partial charge is 0.229 e. The average molecular weight is 345 g/mol. The lowest BCUT2D eigenvalue weighted by Gasteiger charge is -2.08. The van der Waals surface area contributed by atoms with Gasteiger partial charge in [-0.3, -0.25) is 9.59 Å². The van der Waals surface area contributed by atoms with E-state index in [1.54, 1.807) is 12.1 Å². The number of hydrogen-bond acceptors (Lipinski definition) is 2. The first kappa shape index (κ1) is 18.8. The van der Waals surface area contributed by atoms with Gasteiger partial charge in [0.05, 0.1) is 0 Å². The Kier molecular flexibility index (Phi) is 8.28. The van der Waals surface area contributed by atoms with E-state index in [1.165, 1.54) is 0 Å². The summed E-state index contributed by atoms with van der Waals surface area (Å²) < 4.78 is 0. The van der Waals surface area contributed by atoms with Crippen molar-refractivity contribution >= 4 is 35.0 Å². The maximum absolute atomic E-state index is 11.7. The number of rotatable bonds is 8. The number of halogens is 2. The first-order valence-electron chi connectivity index (χ1n) is 7.35. The Hall–Kier alpha value is -1.26. The van der Waals surface area contributed by atoms with Crippen molar-refractivity contribution in [3.05, 3.63) is 33.8 Å². The largest absolute Gasteiger partial charge is 0.356 e. The summed E-state index contributed by atoms with van der Waals surface area (Å²) in [5.74, 6) is -0.00643. The molecule has 2 amide bonds. The summed E-state index contributed by atoms with van der Waals surface area (Å²) in [6, 6.07) is 5.25. The average Bonchev–Trinajstić information content (AvgIpc) is 2.40. The van der Waals surface area contributed by atoms with Crippen LogP contribution < -0.4 is 10.6 Å². The van der Waals surface area contributed by atoms with Crippen molar-refractivity contribution in [2.24, 2.45) is 5.92 Å². The van der Waals surface area contributed by atoms with Gasteiger partial charge in [-0.15, -0.1) is 0 Å². The van der Waals surface area contributed by atoms with Crippen molar-refractivity contribution in [2.75, 3.05) is 13.1 Å². The molecule has 0 fully saturated rings. The molecule has 22 heavy (non-hydrogen) atoms. The lowest BCUT2D eigenvalue weighted by atomic mass is 10.1. The Balaban J connectivity index is 2.24. The molecule has 0 unspecified atom stereocenters. The van der Waals surface area contributed by atoms with Gasteiger partial charge in [0.1, 0.15) is 6.42 Å². The van der Waals surface area contributed by atoms with Gasteiger partial charge in [-0.05, 0) is 36.5 Å². The number of carbonyl (C=O) groups excluding carboxylic acids is 2. The van der Waals surface area contributed by atoms with E-state index < -0.39 is 0 Å². The summed E-state index contributed by atoms with van der Waals surface area (Å²) in [5, 5.41) is 6.60. The summed E-state index contributed by atoms with van der Waals surface area (Å²) in [7, 11) is 0. The number of carbonyl (C=O) groups is 2. The summed E-state index contributed by atoms with van der Waals surface area (Å²) in [6.07, 6.45) is 1.35. The number of hydrogen-bond donors (Lipinski definition) is 2. The van der Waals surface area contributed by atoms with E-state index in [0.717, 1.165) is 12.0 Å². The third kappa shape index (κ3) is 7.66. The van der Waals surface area contributed by atoms with Crippen molar-refractivity contribution in [2.45, 2.75) is 33.1 Å². The molecule has 0 aromatic heterocycles. The minimum Gasteiger partial charge on any atom is -0.356 e. The maximum Gasteiger partial charge on any atom is 0.229 e. The molecule has 0 aliphatic rings. The van der Waals surface area contributed by atoms with E-state index in [-0.39, 0.29) is 18.2 Å². The van der Waals surface area contributed by atoms with E-state index in [4.69, 9.17) is 23.2 Å². The van der Waals surface area contributed by atoms with Crippen LogP contribution in [0.4, 0.5) is 0 Å². The van der Waals surface area contributed by atoms with E-state index in [1.807, 2.05) is 6.07 Å². The van der Waals surface area contributed by atoms with Crippen LogP contribution in [-0.2, 0) is 16.0 Å². The van der Waals surface area contributed by atoms with Gasteiger partial charge in [0.2, 0.25) is 11.8 Å². The third-order valence-corrected chi connectivity index (χ3v) is 3.68. The van der Waals surface area contributed by atoms with Crippen LogP contribution in [0.15, 0.2) is 18.2 Å². The predicted octanol–water partition coefficient (Wildman–Crippen LogP) is 3.20. The molecule has 0 aliphatic heterocycles. The van der Waals surface area contributed by atoms with Crippen LogP contribution in [0.3, 0.4) is 0 Å². The van der Waals surface area contributed by atoms with Crippen LogP contribution in [-0.4, -0.2) is 24.9 Å². The maximum atomic E-state index is 11.7. The Morgan fingerprint density at radius 1 is 1.09 bits per heavy atom. The molecule has 1 aromatic carbocycles. The first-order valence-corrected chi connectivity index (χ1v) is 8.11. The second kappa shape index (κ2) is 9.70. The first-order chi connectivity index (χ1) is 10.4. The molecule has 0 saturated carbocycles. The molecule has 0 spiro atoms. The highest BCUT2D eigenvalue weighted by Crippen LogP contribution is 2.20. The fraction of sp³-hybridized carbons (Fsp3) is 0.500. The highest BCUT2D eigenvalue weighted by atomic mass is 35.5. The molecule has 2 N–H and O–H groups in total. The molecule has 122 valence electrons. The van der Waals surface area contributed by atoms with Crippen molar-refractivity contribution in [1.82, 2.24) is 10.6 Å². The molecule has 0 bridgehead atoms. The van der Waals surface area contributed by atoms with E-state index in [9.17, 15) is 9.59 Å². The lowest BCUT2D eigenvalue weighted by Crippen LogP contribution is -2.33. The van der Waals surface area contributed by atoms with Gasteiger partial charge in [-0.1, -0.05) is 43.1 Å². The molecule has 0 saturated heterocycles. The molecule has 0 heterocycles. The Morgan fingerprint density at radius 3 is 2.32 bits per heavy atom. The molecule has 0 atom stereocenters. The van der Waals surface area contributed by atoms with Crippen LogP contribution in [0.25, 0.3) is 0 Å². The summed E-state index contributed by atoms with van der Waals surface area (Å²) >= 11 is 11.9. The standard InChI is InChI=1S/C16H22Cl2N2O2/c1-11(2)5-7-19-15(21)10-16(22)20-8-6-12-3-4-13(17)9-14(12)18/h3-4,9,11H,5-8,10H2,1-2H3,(H,19,21)(H,20,22). The second-order valence-electron chi connectivity index (χ2n) is 5.54. The monoisotopic (exact) mass is 344 g/mol. The summed E-state index contributed by atoms with van der Waals surface area (Å²) in [6.45, 7) is 5.20. The Labute approximate surface area is 141 Å². The van der Waals surface area contributed by atoms with E-state index in [2.05, 4.69) is 24.5 Å². The molecule has 0 radical (unpaired) electrons. The van der Waals surface area contributed by atoms with Crippen LogP contribution in [0.5, 0.6) is 0 Å². The minimum atomic E-state index is -0.285.